The molecule has 0 radical (unpaired) electrons. The topological polar surface area (TPSA) is 69.0 Å². The van der Waals surface area contributed by atoms with Gasteiger partial charge in [0.2, 0.25) is 11.8 Å². The summed E-state index contributed by atoms with van der Waals surface area (Å²) in [5.74, 6) is 1.07. The van der Waals surface area contributed by atoms with Gasteiger partial charge in [-0.2, -0.15) is 5.10 Å². The monoisotopic (exact) mass is 330 g/mol. The number of rotatable bonds is 7. The van der Waals surface area contributed by atoms with Crippen LogP contribution in [0.5, 0.6) is 5.88 Å². The second-order valence-electron chi connectivity index (χ2n) is 6.39. The molecule has 0 aliphatic carbocycles. The highest BCUT2D eigenvalue weighted by atomic mass is 16.5. The van der Waals surface area contributed by atoms with E-state index in [2.05, 4.69) is 29.2 Å². The molecule has 24 heavy (non-hydrogen) atoms. The summed E-state index contributed by atoms with van der Waals surface area (Å²) in [6, 6.07) is 3.68. The van der Waals surface area contributed by atoms with Crippen molar-refractivity contribution in [1.82, 2.24) is 20.1 Å². The predicted octanol–water partition coefficient (Wildman–Crippen LogP) is 2.42. The van der Waals surface area contributed by atoms with E-state index in [0.29, 0.717) is 24.8 Å². The molecule has 6 heteroatoms. The maximum Gasteiger partial charge on any atom is 0.224 e. The molecule has 0 saturated heterocycles. The molecule has 0 saturated carbocycles. The Morgan fingerprint density at radius 3 is 2.67 bits per heavy atom. The van der Waals surface area contributed by atoms with Crippen molar-refractivity contribution in [3.05, 3.63) is 40.8 Å². The zero-order chi connectivity index (χ0) is 17.7. The van der Waals surface area contributed by atoms with Crippen LogP contribution in [0.4, 0.5) is 0 Å². The van der Waals surface area contributed by atoms with Crippen molar-refractivity contribution < 1.29 is 9.53 Å². The summed E-state index contributed by atoms with van der Waals surface area (Å²) in [5, 5.41) is 7.49. The lowest BCUT2D eigenvalue weighted by molar-refractivity contribution is -0.120. The molecule has 0 atom stereocenters. The summed E-state index contributed by atoms with van der Waals surface area (Å²) in [6.45, 7) is 9.62. The van der Waals surface area contributed by atoms with Crippen LogP contribution in [0.3, 0.4) is 0 Å². The lowest BCUT2D eigenvalue weighted by atomic mass is 10.1. The van der Waals surface area contributed by atoms with Gasteiger partial charge in [0, 0.05) is 36.6 Å². The zero-order valence-corrected chi connectivity index (χ0v) is 15.1. The average Bonchev–Trinajstić information content (AvgIpc) is 2.80. The Bertz CT molecular complexity index is 690. The number of amides is 1. The molecule has 1 N–H and O–H groups in total. The van der Waals surface area contributed by atoms with Gasteiger partial charge in [0.25, 0.3) is 0 Å². The summed E-state index contributed by atoms with van der Waals surface area (Å²) in [7, 11) is 1.58. The maximum absolute atomic E-state index is 12.3. The van der Waals surface area contributed by atoms with Gasteiger partial charge >= 0.3 is 0 Å². The van der Waals surface area contributed by atoms with Crippen LogP contribution in [0.1, 0.15) is 36.4 Å². The third kappa shape index (κ3) is 4.57. The minimum absolute atomic E-state index is 0.0129. The summed E-state index contributed by atoms with van der Waals surface area (Å²) in [5.41, 5.74) is 3.95. The van der Waals surface area contributed by atoms with Gasteiger partial charge in [-0.1, -0.05) is 19.9 Å². The molecule has 2 heterocycles. The molecule has 2 rings (SSSR count). The summed E-state index contributed by atoms with van der Waals surface area (Å²) < 4.78 is 7.02. The molecule has 2 aromatic rings. The smallest absolute Gasteiger partial charge is 0.224 e. The first kappa shape index (κ1) is 18.0. The van der Waals surface area contributed by atoms with Crippen molar-refractivity contribution in [1.29, 1.82) is 0 Å². The van der Waals surface area contributed by atoms with Gasteiger partial charge in [0.05, 0.1) is 19.2 Å². The number of hydrogen-bond donors (Lipinski definition) is 1. The van der Waals surface area contributed by atoms with Crippen LogP contribution >= 0.6 is 0 Å². The fourth-order valence-corrected chi connectivity index (χ4v) is 2.57. The van der Waals surface area contributed by atoms with Gasteiger partial charge in [-0.15, -0.1) is 0 Å². The van der Waals surface area contributed by atoms with E-state index < -0.39 is 0 Å². The molecule has 0 unspecified atom stereocenters. The Morgan fingerprint density at radius 2 is 2.08 bits per heavy atom. The number of nitrogens with one attached hydrogen (secondary N) is 1. The number of carbonyl (C=O) groups excluding carboxylic acids is 1. The first-order chi connectivity index (χ1) is 11.4. The van der Waals surface area contributed by atoms with Crippen LogP contribution in [0.15, 0.2) is 18.3 Å². The molecule has 6 nitrogen and oxygen atoms in total. The Kier molecular flexibility index (Phi) is 5.95. The van der Waals surface area contributed by atoms with Crippen molar-refractivity contribution in [2.45, 2.75) is 47.2 Å². The van der Waals surface area contributed by atoms with E-state index in [4.69, 9.17) is 4.74 Å². The first-order valence-corrected chi connectivity index (χ1v) is 8.19. The normalized spacial score (nSPS) is 10.9. The predicted molar refractivity (Wildman–Crippen MR) is 92.9 cm³/mol. The summed E-state index contributed by atoms with van der Waals surface area (Å²) in [6.07, 6.45) is 2.05. The highest BCUT2D eigenvalue weighted by Gasteiger charge is 2.15. The lowest BCUT2D eigenvalue weighted by Gasteiger charge is -2.08. The molecular formula is C18H26N4O2. The quantitative estimate of drug-likeness (QED) is 0.846. The van der Waals surface area contributed by atoms with Crippen LogP contribution in [-0.2, 0) is 24.3 Å². The minimum atomic E-state index is -0.0129. The van der Waals surface area contributed by atoms with Crippen molar-refractivity contribution in [3.8, 4) is 5.88 Å². The van der Waals surface area contributed by atoms with Crippen molar-refractivity contribution in [2.75, 3.05) is 7.11 Å². The zero-order valence-electron chi connectivity index (χ0n) is 15.1. The number of carbonyl (C=O) groups is 1. The standard InChI is InChI=1S/C18H26N4O2/c1-12(2)11-22-14(4)16(13(3)21-22)8-17(23)19-9-15-6-7-18(24-5)20-10-15/h6-7,10,12H,8-9,11H2,1-5H3,(H,19,23). The van der Waals surface area contributed by atoms with Crippen LogP contribution < -0.4 is 10.1 Å². The lowest BCUT2D eigenvalue weighted by Crippen LogP contribution is -2.25. The van der Waals surface area contributed by atoms with Gasteiger partial charge in [0.1, 0.15) is 0 Å². The number of aryl methyl sites for hydroxylation is 1. The third-order valence-corrected chi connectivity index (χ3v) is 3.90. The third-order valence-electron chi connectivity index (χ3n) is 3.90. The van der Waals surface area contributed by atoms with E-state index in [9.17, 15) is 4.79 Å². The fourth-order valence-electron chi connectivity index (χ4n) is 2.57. The van der Waals surface area contributed by atoms with Gasteiger partial charge in [-0.3, -0.25) is 9.48 Å². The number of hydrogen-bond acceptors (Lipinski definition) is 4. The highest BCUT2D eigenvalue weighted by molar-refractivity contribution is 5.79. The average molecular weight is 330 g/mol. The number of aromatic nitrogens is 3. The Labute approximate surface area is 143 Å². The Hall–Kier alpha value is -2.37. The Balaban J connectivity index is 1.95. The van der Waals surface area contributed by atoms with Gasteiger partial charge in [-0.25, -0.2) is 4.98 Å². The van der Waals surface area contributed by atoms with Crippen LogP contribution in [0.25, 0.3) is 0 Å². The van der Waals surface area contributed by atoms with Crippen molar-refractivity contribution in [3.63, 3.8) is 0 Å². The van der Waals surface area contributed by atoms with E-state index >= 15 is 0 Å². The maximum atomic E-state index is 12.3. The van der Waals surface area contributed by atoms with Gasteiger partial charge < -0.3 is 10.1 Å². The second kappa shape index (κ2) is 7.95. The molecule has 0 aliphatic heterocycles. The van der Waals surface area contributed by atoms with E-state index in [0.717, 1.165) is 29.1 Å². The van der Waals surface area contributed by atoms with Crippen LogP contribution in [0.2, 0.25) is 0 Å². The highest BCUT2D eigenvalue weighted by Crippen LogP contribution is 2.15. The summed E-state index contributed by atoms with van der Waals surface area (Å²) >= 11 is 0. The number of methoxy groups -OCH3 is 1. The number of pyridine rings is 1. The number of ether oxygens (including phenoxy) is 1. The molecule has 0 aromatic carbocycles. The van der Waals surface area contributed by atoms with Crippen molar-refractivity contribution in [2.24, 2.45) is 5.92 Å². The Morgan fingerprint density at radius 1 is 1.33 bits per heavy atom. The van der Waals surface area contributed by atoms with E-state index in [-0.39, 0.29) is 5.91 Å². The minimum Gasteiger partial charge on any atom is -0.481 e. The van der Waals surface area contributed by atoms with E-state index in [1.54, 1.807) is 19.4 Å². The van der Waals surface area contributed by atoms with Crippen molar-refractivity contribution >= 4 is 5.91 Å². The van der Waals surface area contributed by atoms with Crippen LogP contribution in [0, 0.1) is 19.8 Å². The molecule has 130 valence electrons. The van der Waals surface area contributed by atoms with Gasteiger partial charge in [0.15, 0.2) is 0 Å². The molecule has 2 aromatic heterocycles. The number of nitrogens with zero attached hydrogens (tertiary/aromatic N) is 3. The van der Waals surface area contributed by atoms with E-state index in [1.165, 1.54) is 0 Å². The molecule has 1 amide bonds. The molecule has 0 bridgehead atoms. The molecule has 0 fully saturated rings. The van der Waals surface area contributed by atoms with E-state index in [1.807, 2.05) is 24.6 Å². The summed E-state index contributed by atoms with van der Waals surface area (Å²) in [4.78, 5) is 16.4. The fraction of sp³-hybridized carbons (Fsp3) is 0.500. The largest absolute Gasteiger partial charge is 0.481 e. The van der Waals surface area contributed by atoms with Gasteiger partial charge in [-0.05, 0) is 25.3 Å². The second-order valence-corrected chi connectivity index (χ2v) is 6.39. The molecular weight excluding hydrogens is 304 g/mol. The first-order valence-electron chi connectivity index (χ1n) is 8.19. The SMILES string of the molecule is COc1ccc(CNC(=O)Cc2c(C)nn(CC(C)C)c2C)cn1. The molecule has 0 aliphatic rings. The molecule has 0 spiro atoms. The van der Waals surface area contributed by atoms with Crippen LogP contribution in [-0.4, -0.2) is 27.8 Å².